The van der Waals surface area contributed by atoms with Gasteiger partial charge in [-0.2, -0.15) is 0 Å². The Kier molecular flexibility index (Phi) is 4.84. The van der Waals surface area contributed by atoms with Crippen LogP contribution in [-0.4, -0.2) is 41.0 Å². The van der Waals surface area contributed by atoms with Crippen LogP contribution >= 0.6 is 11.3 Å². The summed E-state index contributed by atoms with van der Waals surface area (Å²) in [7, 11) is 0. The van der Waals surface area contributed by atoms with Crippen molar-refractivity contribution in [2.45, 2.75) is 51.6 Å². The van der Waals surface area contributed by atoms with E-state index >= 15 is 0 Å². The fourth-order valence-electron chi connectivity index (χ4n) is 2.81. The number of thiazole rings is 1. The minimum atomic E-state index is -0.191. The SMILES string of the molecule is CC(C)c1csc(CNC(=O)NCC2CC(=O)N(C3CC3)C2)n1. The highest BCUT2D eigenvalue weighted by Gasteiger charge is 2.39. The summed E-state index contributed by atoms with van der Waals surface area (Å²) in [6.07, 6.45) is 2.83. The fraction of sp³-hybridized carbons (Fsp3) is 0.688. The second kappa shape index (κ2) is 6.86. The molecule has 2 N–H and O–H groups in total. The van der Waals surface area contributed by atoms with E-state index in [9.17, 15) is 9.59 Å². The first-order valence-electron chi connectivity index (χ1n) is 8.28. The van der Waals surface area contributed by atoms with Crippen molar-refractivity contribution in [3.8, 4) is 0 Å². The van der Waals surface area contributed by atoms with E-state index in [1.807, 2.05) is 10.3 Å². The van der Waals surface area contributed by atoms with Gasteiger partial charge in [-0.1, -0.05) is 13.8 Å². The van der Waals surface area contributed by atoms with Crippen LogP contribution in [0.2, 0.25) is 0 Å². The Labute approximate surface area is 140 Å². The predicted octanol–water partition coefficient (Wildman–Crippen LogP) is 2.08. The van der Waals surface area contributed by atoms with Crippen LogP contribution in [0.15, 0.2) is 5.38 Å². The fourth-order valence-corrected chi connectivity index (χ4v) is 3.71. The summed E-state index contributed by atoms with van der Waals surface area (Å²) in [5, 5.41) is 8.66. The van der Waals surface area contributed by atoms with Crippen LogP contribution in [0.5, 0.6) is 0 Å². The maximum Gasteiger partial charge on any atom is 0.315 e. The Hall–Kier alpha value is -1.63. The summed E-state index contributed by atoms with van der Waals surface area (Å²) in [5.74, 6) is 0.883. The van der Waals surface area contributed by atoms with Gasteiger partial charge in [-0.3, -0.25) is 4.79 Å². The zero-order chi connectivity index (χ0) is 16.4. The minimum absolute atomic E-state index is 0.191. The van der Waals surface area contributed by atoms with Crippen molar-refractivity contribution in [2.75, 3.05) is 13.1 Å². The summed E-state index contributed by atoms with van der Waals surface area (Å²) in [5.41, 5.74) is 1.07. The summed E-state index contributed by atoms with van der Waals surface area (Å²) in [6.45, 7) is 5.99. The Balaban J connectivity index is 1.37. The lowest BCUT2D eigenvalue weighted by atomic mass is 10.1. The molecule has 126 valence electrons. The highest BCUT2D eigenvalue weighted by Crippen LogP contribution is 2.32. The van der Waals surface area contributed by atoms with Crippen molar-refractivity contribution in [2.24, 2.45) is 5.92 Å². The first-order valence-corrected chi connectivity index (χ1v) is 9.16. The normalized spacial score (nSPS) is 21.1. The summed E-state index contributed by atoms with van der Waals surface area (Å²) >= 11 is 1.57. The van der Waals surface area contributed by atoms with Crippen molar-refractivity contribution < 1.29 is 9.59 Å². The molecule has 1 aromatic heterocycles. The molecule has 2 aliphatic rings. The molecule has 0 aromatic carbocycles. The van der Waals surface area contributed by atoms with Gasteiger partial charge >= 0.3 is 6.03 Å². The molecule has 1 aliphatic carbocycles. The summed E-state index contributed by atoms with van der Waals surface area (Å²) in [6, 6.07) is 0.282. The van der Waals surface area contributed by atoms with Crippen LogP contribution < -0.4 is 10.6 Å². The largest absolute Gasteiger partial charge is 0.339 e. The molecule has 2 heterocycles. The number of hydrogen-bond acceptors (Lipinski definition) is 4. The zero-order valence-corrected chi connectivity index (χ0v) is 14.5. The number of nitrogens with zero attached hydrogens (tertiary/aromatic N) is 2. The van der Waals surface area contributed by atoms with Gasteiger partial charge in [0.15, 0.2) is 0 Å². The van der Waals surface area contributed by atoms with Crippen LogP contribution in [0, 0.1) is 5.92 Å². The van der Waals surface area contributed by atoms with Gasteiger partial charge < -0.3 is 15.5 Å². The number of nitrogens with one attached hydrogen (secondary N) is 2. The molecule has 3 amide bonds. The average molecular weight is 336 g/mol. The zero-order valence-electron chi connectivity index (χ0n) is 13.7. The third-order valence-corrected chi connectivity index (χ3v) is 5.21. The van der Waals surface area contributed by atoms with E-state index < -0.39 is 0 Å². The van der Waals surface area contributed by atoms with Crippen molar-refractivity contribution in [3.05, 3.63) is 16.1 Å². The second-order valence-electron chi connectivity index (χ2n) is 6.73. The topological polar surface area (TPSA) is 74.3 Å². The molecule has 6 nitrogen and oxygen atoms in total. The number of rotatable bonds is 6. The first kappa shape index (κ1) is 16.2. The van der Waals surface area contributed by atoms with E-state index in [1.54, 1.807) is 11.3 Å². The second-order valence-corrected chi connectivity index (χ2v) is 7.67. The quantitative estimate of drug-likeness (QED) is 0.835. The number of amides is 3. The van der Waals surface area contributed by atoms with Gasteiger partial charge in [-0.25, -0.2) is 9.78 Å². The molecule has 1 saturated carbocycles. The molecular weight excluding hydrogens is 312 g/mol. The van der Waals surface area contributed by atoms with Gasteiger partial charge in [0, 0.05) is 36.9 Å². The summed E-state index contributed by atoms with van der Waals surface area (Å²) in [4.78, 5) is 30.2. The molecule has 0 radical (unpaired) electrons. The molecule has 1 atom stereocenters. The van der Waals surface area contributed by atoms with Gasteiger partial charge in [0.25, 0.3) is 0 Å². The number of urea groups is 1. The maximum atomic E-state index is 11.9. The molecule has 0 spiro atoms. The van der Waals surface area contributed by atoms with E-state index in [0.29, 0.717) is 31.5 Å². The smallest absolute Gasteiger partial charge is 0.315 e. The highest BCUT2D eigenvalue weighted by molar-refractivity contribution is 7.09. The van der Waals surface area contributed by atoms with Crippen LogP contribution in [0.4, 0.5) is 4.79 Å². The lowest BCUT2D eigenvalue weighted by Crippen LogP contribution is -2.38. The van der Waals surface area contributed by atoms with E-state index in [-0.39, 0.29) is 17.9 Å². The lowest BCUT2D eigenvalue weighted by Gasteiger charge is -2.15. The van der Waals surface area contributed by atoms with Gasteiger partial charge in [0.1, 0.15) is 5.01 Å². The maximum absolute atomic E-state index is 11.9. The van der Waals surface area contributed by atoms with Gasteiger partial charge in [0.2, 0.25) is 5.91 Å². The van der Waals surface area contributed by atoms with E-state index in [2.05, 4.69) is 29.5 Å². The number of hydrogen-bond donors (Lipinski definition) is 2. The lowest BCUT2D eigenvalue weighted by molar-refractivity contribution is -0.128. The van der Waals surface area contributed by atoms with E-state index in [1.165, 1.54) is 0 Å². The molecule has 1 aliphatic heterocycles. The highest BCUT2D eigenvalue weighted by atomic mass is 32.1. The van der Waals surface area contributed by atoms with Crippen LogP contribution in [-0.2, 0) is 11.3 Å². The van der Waals surface area contributed by atoms with Crippen LogP contribution in [0.3, 0.4) is 0 Å². The minimum Gasteiger partial charge on any atom is -0.339 e. The third-order valence-electron chi connectivity index (χ3n) is 4.34. The molecular formula is C16H24N4O2S. The van der Waals surface area contributed by atoms with E-state index in [4.69, 9.17) is 0 Å². The van der Waals surface area contributed by atoms with Crippen molar-refractivity contribution in [1.82, 2.24) is 20.5 Å². The number of aromatic nitrogens is 1. The molecule has 2 fully saturated rings. The Morgan fingerprint density at radius 3 is 2.87 bits per heavy atom. The Morgan fingerprint density at radius 1 is 1.43 bits per heavy atom. The average Bonchev–Trinajstić information content (AvgIpc) is 3.11. The predicted molar refractivity (Wildman–Crippen MR) is 89.3 cm³/mol. The van der Waals surface area contributed by atoms with Crippen molar-refractivity contribution in [1.29, 1.82) is 0 Å². The Morgan fingerprint density at radius 2 is 2.22 bits per heavy atom. The first-order chi connectivity index (χ1) is 11.0. The van der Waals surface area contributed by atoms with Crippen LogP contribution in [0.1, 0.15) is 49.7 Å². The molecule has 0 bridgehead atoms. The van der Waals surface area contributed by atoms with Gasteiger partial charge in [0.05, 0.1) is 12.2 Å². The number of carbonyl (C=O) groups is 2. The monoisotopic (exact) mass is 336 g/mol. The molecule has 3 rings (SSSR count). The van der Waals surface area contributed by atoms with Crippen molar-refractivity contribution >= 4 is 23.3 Å². The molecule has 1 aromatic rings. The van der Waals surface area contributed by atoms with Crippen LogP contribution in [0.25, 0.3) is 0 Å². The molecule has 23 heavy (non-hydrogen) atoms. The molecule has 1 unspecified atom stereocenters. The number of likely N-dealkylation sites (tertiary alicyclic amines) is 1. The van der Waals surface area contributed by atoms with E-state index in [0.717, 1.165) is 30.1 Å². The van der Waals surface area contributed by atoms with Gasteiger partial charge in [-0.15, -0.1) is 11.3 Å². The number of carbonyl (C=O) groups excluding carboxylic acids is 2. The molecule has 1 saturated heterocycles. The van der Waals surface area contributed by atoms with Gasteiger partial charge in [-0.05, 0) is 18.8 Å². The Bertz CT molecular complexity index is 582. The summed E-state index contributed by atoms with van der Waals surface area (Å²) < 4.78 is 0. The standard InChI is InChI=1S/C16H24N4O2S/c1-10(2)13-9-23-14(19-13)7-18-16(22)17-6-11-5-15(21)20(8-11)12-3-4-12/h9-12H,3-8H2,1-2H3,(H2,17,18,22). The molecule has 7 heteroatoms. The third kappa shape index (κ3) is 4.22. The van der Waals surface area contributed by atoms with Crippen molar-refractivity contribution in [3.63, 3.8) is 0 Å².